The lowest BCUT2D eigenvalue weighted by molar-refractivity contribution is -0.377. The average molecular weight is 291 g/mol. The third-order valence-electron chi connectivity index (χ3n) is 2.19. The number of hydrogen-bond acceptors (Lipinski definition) is 2. The van der Waals surface area contributed by atoms with Crippen molar-refractivity contribution >= 4 is 15.7 Å². The molecule has 2 rings (SSSR count). The van der Waals surface area contributed by atoms with Gasteiger partial charge in [-0.2, -0.15) is 13.2 Å². The summed E-state index contributed by atoms with van der Waals surface area (Å²) >= 11 is 0. The van der Waals surface area contributed by atoms with Gasteiger partial charge in [0.25, 0.3) is 0 Å². The van der Waals surface area contributed by atoms with Gasteiger partial charge in [0.1, 0.15) is 6.20 Å². The second kappa shape index (κ2) is 4.57. The first kappa shape index (κ1) is 13.4. The number of H-pyrrole nitrogens is 2. The molecule has 2 aromatic rings. The number of halogens is 3. The summed E-state index contributed by atoms with van der Waals surface area (Å²) in [7, 11) is -4.06. The summed E-state index contributed by atoms with van der Waals surface area (Å²) in [5.41, 5.74) is -1.24. The van der Waals surface area contributed by atoms with Crippen molar-refractivity contribution in [2.45, 2.75) is 11.2 Å². The fourth-order valence-corrected chi connectivity index (χ4v) is 2.26. The van der Waals surface area contributed by atoms with E-state index in [1.165, 1.54) is 12.4 Å². The second-order valence-electron chi connectivity index (χ2n) is 3.58. The molecule has 0 aliphatic carbocycles. The van der Waals surface area contributed by atoms with Gasteiger partial charge in [-0.15, -0.1) is 5.69 Å². The Balaban J connectivity index is 2.30. The van der Waals surface area contributed by atoms with Gasteiger partial charge in [0.05, 0.1) is 5.56 Å². The Kier molecular flexibility index (Phi) is 3.23. The van der Waals surface area contributed by atoms with Crippen molar-refractivity contribution < 1.29 is 26.6 Å². The number of imidazole rings is 1. The second-order valence-corrected chi connectivity index (χ2v) is 5.15. The Morgan fingerprint density at radius 1 is 1.26 bits per heavy atom. The van der Waals surface area contributed by atoms with Crippen LogP contribution in [0.5, 0.6) is 0 Å². The van der Waals surface area contributed by atoms with E-state index in [-0.39, 0.29) is 10.7 Å². The molecule has 0 radical (unpaired) electrons. The van der Waals surface area contributed by atoms with Crippen molar-refractivity contribution in [3.63, 3.8) is 0 Å². The van der Waals surface area contributed by atoms with Gasteiger partial charge in [-0.25, -0.2) is 18.4 Å². The summed E-state index contributed by atoms with van der Waals surface area (Å²) in [5.74, 6) is 0. The lowest BCUT2D eigenvalue weighted by Crippen LogP contribution is -2.04. The van der Waals surface area contributed by atoms with Gasteiger partial charge >= 0.3 is 6.18 Å². The van der Waals surface area contributed by atoms with Crippen molar-refractivity contribution in [1.29, 1.82) is 0 Å². The van der Waals surface area contributed by atoms with Gasteiger partial charge in [0.15, 0.2) is 10.0 Å². The highest BCUT2D eigenvalue weighted by molar-refractivity contribution is 7.94. The zero-order chi connectivity index (χ0) is 14.1. The number of hydrogen-bond donors (Lipinski definition) is 1. The van der Waals surface area contributed by atoms with Crippen molar-refractivity contribution in [3.8, 4) is 0 Å². The van der Waals surface area contributed by atoms with Crippen LogP contribution in [0.1, 0.15) is 5.56 Å². The Morgan fingerprint density at radius 3 is 2.58 bits per heavy atom. The quantitative estimate of drug-likeness (QED) is 0.941. The minimum atomic E-state index is -4.55. The monoisotopic (exact) mass is 291 g/mol. The predicted octanol–water partition coefficient (Wildman–Crippen LogP) is 2.24. The van der Waals surface area contributed by atoms with Crippen LogP contribution in [0, 0.1) is 0 Å². The van der Waals surface area contributed by atoms with E-state index >= 15 is 0 Å². The molecule has 5 nitrogen and oxygen atoms in total. The number of alkyl halides is 3. The Hall–Kier alpha value is -2.03. The molecule has 2 N–H and O–H groups in total. The van der Waals surface area contributed by atoms with Gasteiger partial charge in [-0.3, -0.25) is 0 Å². The number of nitrogens with zero attached hydrogens (tertiary/aromatic N) is 1. The topological polar surface area (TPSA) is 78.2 Å². The molecule has 1 heterocycles. The molecule has 19 heavy (non-hydrogen) atoms. The first-order valence-corrected chi connectivity index (χ1v) is 6.43. The van der Waals surface area contributed by atoms with Crippen molar-refractivity contribution in [3.05, 3.63) is 47.1 Å². The standard InChI is InChI=1S/C10H7F3N3O2S/c11-10(12,13)7-2-1-3-8(4-7)16-19(17,18)9-5-14-6-15-9/h1-6H,(H,14,15)/q-1/p+1. The molecule has 0 unspecified atom stereocenters. The van der Waals surface area contributed by atoms with Gasteiger partial charge in [-0.1, -0.05) is 24.3 Å². The molecule has 0 spiro atoms. The van der Waals surface area contributed by atoms with Crippen LogP contribution < -0.4 is 4.98 Å². The molecule has 0 bridgehead atoms. The summed E-state index contributed by atoms with van der Waals surface area (Å²) in [6.45, 7) is 0. The number of sulfonamides is 1. The molecule has 1 aromatic heterocycles. The molecule has 0 saturated carbocycles. The number of aromatic amines is 2. The summed E-state index contributed by atoms with van der Waals surface area (Å²) in [4.78, 5) is 4.87. The lowest BCUT2D eigenvalue weighted by atomic mass is 10.2. The minimum absolute atomic E-state index is 0.232. The molecule has 102 valence electrons. The maximum Gasteiger partial charge on any atom is 0.416 e. The Labute approximate surface area is 106 Å². The van der Waals surface area contributed by atoms with Crippen molar-refractivity contribution in [2.24, 2.45) is 0 Å². The molecule has 1 aromatic carbocycles. The number of rotatable bonds is 3. The van der Waals surface area contributed by atoms with E-state index in [0.717, 1.165) is 18.3 Å². The van der Waals surface area contributed by atoms with E-state index in [1.54, 1.807) is 0 Å². The van der Waals surface area contributed by atoms with Gasteiger partial charge in [0, 0.05) is 0 Å². The molecular formula is C10H8F3N3O2S. The lowest BCUT2D eigenvalue weighted by Gasteiger charge is -2.20. The van der Waals surface area contributed by atoms with Crippen molar-refractivity contribution in [1.82, 2.24) is 4.98 Å². The highest BCUT2D eigenvalue weighted by Gasteiger charge is 2.29. The van der Waals surface area contributed by atoms with Crippen LogP contribution in [0.2, 0.25) is 0 Å². The van der Waals surface area contributed by atoms with Crippen LogP contribution in [0.25, 0.3) is 4.72 Å². The highest BCUT2D eigenvalue weighted by Crippen LogP contribution is 2.34. The summed E-state index contributed by atoms with van der Waals surface area (Å²) in [6.07, 6.45) is -2.14. The van der Waals surface area contributed by atoms with Gasteiger partial charge < -0.3 is 4.72 Å². The molecule has 0 atom stereocenters. The first-order chi connectivity index (χ1) is 8.79. The summed E-state index contributed by atoms with van der Waals surface area (Å²) in [6, 6.07) is 3.79. The fraction of sp³-hybridized carbons (Fsp3) is 0.100. The molecule has 0 aliphatic heterocycles. The number of nitrogens with one attached hydrogen (secondary N) is 2. The van der Waals surface area contributed by atoms with Crippen LogP contribution in [0.3, 0.4) is 0 Å². The fourth-order valence-electron chi connectivity index (χ4n) is 1.35. The third kappa shape index (κ3) is 3.05. The van der Waals surface area contributed by atoms with Gasteiger partial charge in [0.2, 0.25) is 11.4 Å². The molecule has 9 heteroatoms. The van der Waals surface area contributed by atoms with E-state index in [4.69, 9.17) is 0 Å². The van der Waals surface area contributed by atoms with E-state index in [2.05, 4.69) is 14.7 Å². The molecule has 0 aliphatic rings. The SMILES string of the molecule is O=S(=O)([N-]c1cccc(C(F)(F)F)c1)c1c[nH+]c[nH]1. The maximum absolute atomic E-state index is 12.5. The molecular weight excluding hydrogens is 283 g/mol. The van der Waals surface area contributed by atoms with E-state index in [9.17, 15) is 21.6 Å². The summed E-state index contributed by atoms with van der Waals surface area (Å²) in [5, 5.41) is -0.232. The Bertz CT molecular complexity index is 666. The number of aromatic nitrogens is 2. The van der Waals surface area contributed by atoms with Crippen LogP contribution >= 0.6 is 0 Å². The predicted molar refractivity (Wildman–Crippen MR) is 59.0 cm³/mol. The molecule has 0 fully saturated rings. The zero-order valence-electron chi connectivity index (χ0n) is 9.27. The average Bonchev–Trinajstić information content (AvgIpc) is 2.81. The molecule has 0 saturated heterocycles. The van der Waals surface area contributed by atoms with Crippen LogP contribution in [0.4, 0.5) is 18.9 Å². The summed E-state index contributed by atoms with van der Waals surface area (Å²) < 4.78 is 64.2. The molecule has 0 amide bonds. The minimum Gasteiger partial charge on any atom is -0.570 e. The number of benzene rings is 1. The zero-order valence-corrected chi connectivity index (χ0v) is 10.1. The van der Waals surface area contributed by atoms with E-state index in [1.807, 2.05) is 0 Å². The first-order valence-electron chi connectivity index (χ1n) is 4.99. The largest absolute Gasteiger partial charge is 0.570 e. The smallest absolute Gasteiger partial charge is 0.416 e. The Morgan fingerprint density at radius 2 is 2.00 bits per heavy atom. The third-order valence-corrected chi connectivity index (χ3v) is 3.43. The maximum atomic E-state index is 12.5. The van der Waals surface area contributed by atoms with Crippen molar-refractivity contribution in [2.75, 3.05) is 0 Å². The van der Waals surface area contributed by atoms with Crippen LogP contribution in [-0.4, -0.2) is 13.4 Å². The van der Waals surface area contributed by atoms with Gasteiger partial charge in [-0.05, 0) is 0 Å². The van der Waals surface area contributed by atoms with Crippen LogP contribution in [-0.2, 0) is 16.2 Å². The highest BCUT2D eigenvalue weighted by atomic mass is 32.2. The van der Waals surface area contributed by atoms with Crippen LogP contribution in [0.15, 0.2) is 41.8 Å². The normalized spacial score (nSPS) is 12.4. The van der Waals surface area contributed by atoms with E-state index in [0.29, 0.717) is 6.07 Å². The van der Waals surface area contributed by atoms with E-state index < -0.39 is 21.8 Å².